The van der Waals surface area contributed by atoms with Crippen LogP contribution in [-0.4, -0.2) is 37.7 Å². The van der Waals surface area contributed by atoms with Crippen LogP contribution in [0.4, 0.5) is 0 Å². The van der Waals surface area contributed by atoms with Crippen LogP contribution in [0.5, 0.6) is 0 Å². The fourth-order valence-corrected chi connectivity index (χ4v) is 3.15. The van der Waals surface area contributed by atoms with Crippen molar-refractivity contribution in [1.82, 2.24) is 4.90 Å². The molecule has 0 radical (unpaired) electrons. The number of benzene rings is 1. The van der Waals surface area contributed by atoms with Crippen molar-refractivity contribution < 1.29 is 4.74 Å². The zero-order valence-electron chi connectivity index (χ0n) is 13.2. The smallest absolute Gasteiger partial charge is 0.0859 e. The first-order valence-electron chi connectivity index (χ1n) is 8.00. The minimum atomic E-state index is -0.381. The Morgan fingerprint density at radius 3 is 2.52 bits per heavy atom. The highest BCUT2D eigenvalue weighted by atomic mass is 16.5. The van der Waals surface area contributed by atoms with Crippen molar-refractivity contribution in [2.75, 3.05) is 32.8 Å². The van der Waals surface area contributed by atoms with Gasteiger partial charge in [0.15, 0.2) is 0 Å². The second-order valence-electron chi connectivity index (χ2n) is 5.96. The molecule has 2 rings (SSSR count). The van der Waals surface area contributed by atoms with Gasteiger partial charge in [-0.3, -0.25) is 4.90 Å². The molecular weight excluding hydrogens is 260 g/mol. The van der Waals surface area contributed by atoms with Gasteiger partial charge in [0.05, 0.1) is 24.7 Å². The molecule has 1 heterocycles. The predicted octanol–water partition coefficient (Wildman–Crippen LogP) is 3.22. The highest BCUT2D eigenvalue weighted by Crippen LogP contribution is 2.37. The van der Waals surface area contributed by atoms with E-state index < -0.39 is 0 Å². The third kappa shape index (κ3) is 3.64. The molecule has 2 atom stereocenters. The predicted molar refractivity (Wildman–Crippen MR) is 85.1 cm³/mol. The van der Waals surface area contributed by atoms with Crippen LogP contribution in [0.2, 0.25) is 0 Å². The summed E-state index contributed by atoms with van der Waals surface area (Å²) in [4.78, 5) is 2.42. The Hall–Kier alpha value is -1.37. The van der Waals surface area contributed by atoms with Crippen molar-refractivity contribution in [2.24, 2.45) is 5.92 Å². The minimum absolute atomic E-state index is 0.353. The molecule has 1 aliphatic rings. The lowest BCUT2D eigenvalue weighted by molar-refractivity contribution is 0.0342. The Balaban J connectivity index is 2.17. The standard InChI is InChI=1S/C18H26N2O/c1-3-16(2)18(15-19,17-7-5-4-6-8-17)9-10-20-11-13-21-14-12-20/h4-8,16H,3,9-14H2,1-2H3/t16-,18+/m0/s1. The fourth-order valence-electron chi connectivity index (χ4n) is 3.15. The maximum atomic E-state index is 9.97. The molecule has 0 bridgehead atoms. The molecule has 0 aliphatic carbocycles. The van der Waals surface area contributed by atoms with Gasteiger partial charge in [0.1, 0.15) is 0 Å². The Bertz CT molecular complexity index is 462. The quantitative estimate of drug-likeness (QED) is 0.805. The van der Waals surface area contributed by atoms with E-state index in [2.05, 4.69) is 36.9 Å². The average molecular weight is 286 g/mol. The first-order valence-corrected chi connectivity index (χ1v) is 8.00. The fraction of sp³-hybridized carbons (Fsp3) is 0.611. The molecule has 1 aromatic rings. The molecule has 0 unspecified atom stereocenters. The van der Waals surface area contributed by atoms with Crippen LogP contribution in [0.3, 0.4) is 0 Å². The Morgan fingerprint density at radius 1 is 1.29 bits per heavy atom. The van der Waals surface area contributed by atoms with Gasteiger partial charge in [0.2, 0.25) is 0 Å². The van der Waals surface area contributed by atoms with Crippen LogP contribution in [0.1, 0.15) is 32.3 Å². The molecule has 0 spiro atoms. The maximum absolute atomic E-state index is 9.97. The molecule has 1 saturated heterocycles. The van der Waals surface area contributed by atoms with Gasteiger partial charge in [-0.1, -0.05) is 50.6 Å². The number of ether oxygens (including phenoxy) is 1. The average Bonchev–Trinajstić information content (AvgIpc) is 2.57. The molecule has 0 saturated carbocycles. The minimum Gasteiger partial charge on any atom is -0.379 e. The number of morpholine rings is 1. The summed E-state index contributed by atoms with van der Waals surface area (Å²) in [5.41, 5.74) is 0.781. The number of nitriles is 1. The van der Waals surface area contributed by atoms with E-state index in [0.717, 1.165) is 51.3 Å². The molecule has 0 aromatic heterocycles. The van der Waals surface area contributed by atoms with Gasteiger partial charge in [-0.05, 0) is 17.9 Å². The van der Waals surface area contributed by atoms with Crippen LogP contribution in [0.25, 0.3) is 0 Å². The van der Waals surface area contributed by atoms with Crippen molar-refractivity contribution in [3.63, 3.8) is 0 Å². The number of hydrogen-bond acceptors (Lipinski definition) is 3. The van der Waals surface area contributed by atoms with E-state index in [-0.39, 0.29) is 5.41 Å². The van der Waals surface area contributed by atoms with Crippen LogP contribution >= 0.6 is 0 Å². The van der Waals surface area contributed by atoms with Crippen molar-refractivity contribution in [3.8, 4) is 6.07 Å². The molecule has 0 amide bonds. The molecular formula is C18H26N2O. The topological polar surface area (TPSA) is 36.3 Å². The van der Waals surface area contributed by atoms with E-state index in [1.165, 1.54) is 0 Å². The van der Waals surface area contributed by atoms with E-state index in [0.29, 0.717) is 5.92 Å². The SMILES string of the molecule is CC[C@H](C)[C@](C#N)(CCN1CCOCC1)c1ccccc1. The van der Waals surface area contributed by atoms with Crippen LogP contribution in [-0.2, 0) is 10.2 Å². The molecule has 114 valence electrons. The molecule has 1 aliphatic heterocycles. The summed E-state index contributed by atoms with van der Waals surface area (Å²) in [6, 6.07) is 13.0. The van der Waals surface area contributed by atoms with Gasteiger partial charge in [-0.25, -0.2) is 0 Å². The summed E-state index contributed by atoms with van der Waals surface area (Å²) in [6.07, 6.45) is 1.91. The molecule has 1 aromatic carbocycles. The zero-order valence-corrected chi connectivity index (χ0v) is 13.2. The van der Waals surface area contributed by atoms with Gasteiger partial charge >= 0.3 is 0 Å². The maximum Gasteiger partial charge on any atom is 0.0859 e. The number of rotatable bonds is 6. The van der Waals surface area contributed by atoms with E-state index in [4.69, 9.17) is 4.74 Å². The second kappa shape index (κ2) is 7.59. The Labute approximate surface area is 128 Å². The van der Waals surface area contributed by atoms with Gasteiger partial charge in [0, 0.05) is 19.6 Å². The first-order chi connectivity index (χ1) is 10.2. The van der Waals surface area contributed by atoms with Gasteiger partial charge in [0.25, 0.3) is 0 Å². The van der Waals surface area contributed by atoms with Crippen molar-refractivity contribution in [3.05, 3.63) is 35.9 Å². The largest absolute Gasteiger partial charge is 0.379 e. The number of nitrogens with zero attached hydrogens (tertiary/aromatic N) is 2. The van der Waals surface area contributed by atoms with Gasteiger partial charge in [-0.2, -0.15) is 5.26 Å². The summed E-state index contributed by atoms with van der Waals surface area (Å²) in [6.45, 7) is 8.94. The lowest BCUT2D eigenvalue weighted by Crippen LogP contribution is -2.41. The highest BCUT2D eigenvalue weighted by Gasteiger charge is 2.37. The van der Waals surface area contributed by atoms with E-state index in [1.807, 2.05) is 18.2 Å². The van der Waals surface area contributed by atoms with Crippen LogP contribution in [0, 0.1) is 17.2 Å². The van der Waals surface area contributed by atoms with E-state index in [1.54, 1.807) is 0 Å². The molecule has 21 heavy (non-hydrogen) atoms. The number of hydrogen-bond donors (Lipinski definition) is 0. The van der Waals surface area contributed by atoms with E-state index in [9.17, 15) is 5.26 Å². The van der Waals surface area contributed by atoms with Crippen LogP contribution < -0.4 is 0 Å². The molecule has 3 heteroatoms. The summed E-state index contributed by atoms with van der Waals surface area (Å²) in [5, 5.41) is 9.97. The zero-order chi connectivity index (χ0) is 15.1. The summed E-state index contributed by atoms with van der Waals surface area (Å²) in [5.74, 6) is 0.353. The van der Waals surface area contributed by atoms with Crippen molar-refractivity contribution in [1.29, 1.82) is 5.26 Å². The molecule has 3 nitrogen and oxygen atoms in total. The van der Waals surface area contributed by atoms with Crippen molar-refractivity contribution >= 4 is 0 Å². The Morgan fingerprint density at radius 2 is 1.95 bits per heavy atom. The van der Waals surface area contributed by atoms with E-state index >= 15 is 0 Å². The second-order valence-corrected chi connectivity index (χ2v) is 5.96. The highest BCUT2D eigenvalue weighted by molar-refractivity contribution is 5.33. The third-order valence-corrected chi connectivity index (χ3v) is 4.87. The Kier molecular flexibility index (Phi) is 5.78. The molecule has 0 N–H and O–H groups in total. The molecule has 1 fully saturated rings. The normalized spacial score (nSPS) is 20.4. The third-order valence-electron chi connectivity index (χ3n) is 4.87. The first kappa shape index (κ1) is 16.0. The summed E-state index contributed by atoms with van der Waals surface area (Å²) in [7, 11) is 0. The summed E-state index contributed by atoms with van der Waals surface area (Å²) < 4.78 is 5.40. The van der Waals surface area contributed by atoms with Gasteiger partial charge in [-0.15, -0.1) is 0 Å². The summed E-state index contributed by atoms with van der Waals surface area (Å²) >= 11 is 0. The lowest BCUT2D eigenvalue weighted by atomic mass is 9.68. The van der Waals surface area contributed by atoms with Crippen LogP contribution in [0.15, 0.2) is 30.3 Å². The monoisotopic (exact) mass is 286 g/mol. The van der Waals surface area contributed by atoms with Crippen molar-refractivity contribution in [2.45, 2.75) is 32.1 Å². The van der Waals surface area contributed by atoms with Gasteiger partial charge < -0.3 is 4.74 Å². The lowest BCUT2D eigenvalue weighted by Gasteiger charge is -2.36.